The molecule has 6 atom stereocenters. The second-order valence-corrected chi connectivity index (χ2v) is 11.4. The molecule has 9 heteroatoms. The van der Waals surface area contributed by atoms with Gasteiger partial charge in [-0.2, -0.15) is 0 Å². The summed E-state index contributed by atoms with van der Waals surface area (Å²) < 4.78 is 10.8. The number of cyclic esters (lactones) is 1. The van der Waals surface area contributed by atoms with Crippen LogP contribution in [0.25, 0.3) is 0 Å². The maximum atomic E-state index is 12.7. The van der Waals surface area contributed by atoms with E-state index in [1.165, 1.54) is 0 Å². The molecule has 0 bridgehead atoms. The van der Waals surface area contributed by atoms with E-state index >= 15 is 0 Å². The molecule has 41 heavy (non-hydrogen) atoms. The van der Waals surface area contributed by atoms with Crippen molar-refractivity contribution in [1.29, 1.82) is 0 Å². The molecule has 0 radical (unpaired) electrons. The molecule has 0 saturated carbocycles. The summed E-state index contributed by atoms with van der Waals surface area (Å²) in [6.45, 7) is 6.04. The fourth-order valence-corrected chi connectivity index (χ4v) is 4.89. The summed E-state index contributed by atoms with van der Waals surface area (Å²) in [5, 5.41) is 33.9. The molecule has 236 valence electrons. The van der Waals surface area contributed by atoms with Gasteiger partial charge in [-0.25, -0.2) is 0 Å². The molecule has 0 spiro atoms. The van der Waals surface area contributed by atoms with Gasteiger partial charge in [0.05, 0.1) is 30.8 Å². The number of allylic oxidation sites excluding steroid dienone is 3. The summed E-state index contributed by atoms with van der Waals surface area (Å²) in [5.74, 6) is -0.745. The minimum Gasteiger partial charge on any atom is -0.452 e. The van der Waals surface area contributed by atoms with Crippen LogP contribution in [0.4, 0.5) is 0 Å². The summed E-state index contributed by atoms with van der Waals surface area (Å²) in [4.78, 5) is 37.7. The van der Waals surface area contributed by atoms with Crippen molar-refractivity contribution in [3.63, 3.8) is 0 Å². The average molecular weight is 582 g/mol. The van der Waals surface area contributed by atoms with Crippen LogP contribution < -0.4 is 5.32 Å². The van der Waals surface area contributed by atoms with Gasteiger partial charge in [0.1, 0.15) is 5.78 Å². The van der Waals surface area contributed by atoms with Crippen LogP contribution in [0.2, 0.25) is 0 Å². The molecule has 0 aromatic carbocycles. The molecular formula is C32H55NO8. The van der Waals surface area contributed by atoms with Crippen molar-refractivity contribution in [1.82, 2.24) is 5.32 Å². The maximum absolute atomic E-state index is 12.7. The first-order valence-corrected chi connectivity index (χ1v) is 15.5. The number of amides is 1. The lowest BCUT2D eigenvalue weighted by Gasteiger charge is -2.23. The molecule has 0 aromatic rings. The Hall–Kier alpha value is -2.07. The van der Waals surface area contributed by atoms with E-state index in [1.807, 2.05) is 19.1 Å². The lowest BCUT2D eigenvalue weighted by atomic mass is 9.96. The number of aliphatic hydroxyl groups is 3. The number of carbonyl (C=O) groups excluding carboxylic acids is 3. The minimum absolute atomic E-state index is 0.110. The first-order chi connectivity index (χ1) is 19.6. The maximum Gasteiger partial charge on any atom is 0.309 e. The van der Waals surface area contributed by atoms with Crippen molar-refractivity contribution in [2.75, 3.05) is 20.3 Å². The SMILES string of the molecule is CCCC1OC(=O)C(C)CCCCC(=O)CCCC(CC)C=CC=C(COC)CCC(O)C(O)CC(O)CNC1=O. The van der Waals surface area contributed by atoms with Gasteiger partial charge in [0.2, 0.25) is 0 Å². The third-order valence-electron chi connectivity index (χ3n) is 7.68. The largest absolute Gasteiger partial charge is 0.452 e. The fourth-order valence-electron chi connectivity index (χ4n) is 4.89. The normalized spacial score (nSPS) is 29.8. The highest BCUT2D eigenvalue weighted by Gasteiger charge is 2.26. The van der Waals surface area contributed by atoms with Gasteiger partial charge in [-0.15, -0.1) is 0 Å². The van der Waals surface area contributed by atoms with Crippen LogP contribution in [0.15, 0.2) is 23.8 Å². The average Bonchev–Trinajstić information content (AvgIpc) is 2.94. The number of hydrogen-bond donors (Lipinski definition) is 4. The molecule has 1 aliphatic rings. The first kappa shape index (κ1) is 37.0. The van der Waals surface area contributed by atoms with E-state index < -0.39 is 42.2 Å². The van der Waals surface area contributed by atoms with E-state index in [9.17, 15) is 29.7 Å². The molecule has 1 rings (SSSR count). The Morgan fingerprint density at radius 1 is 0.976 bits per heavy atom. The van der Waals surface area contributed by atoms with Gasteiger partial charge in [0, 0.05) is 32.9 Å². The van der Waals surface area contributed by atoms with Crippen molar-refractivity contribution in [3.8, 4) is 0 Å². The molecule has 0 saturated heterocycles. The van der Waals surface area contributed by atoms with Crippen LogP contribution in [0.5, 0.6) is 0 Å². The number of ether oxygens (including phenoxy) is 2. The summed E-state index contributed by atoms with van der Waals surface area (Å²) in [7, 11) is 1.61. The van der Waals surface area contributed by atoms with E-state index in [4.69, 9.17) is 9.47 Å². The Bertz CT molecular complexity index is 827. The molecule has 0 aromatic heterocycles. The Kier molecular flexibility index (Phi) is 19.5. The van der Waals surface area contributed by atoms with Crippen molar-refractivity contribution < 1.29 is 39.2 Å². The Morgan fingerprint density at radius 2 is 1.71 bits per heavy atom. The molecule has 1 amide bonds. The number of rotatable bonds is 5. The van der Waals surface area contributed by atoms with Crippen LogP contribution >= 0.6 is 0 Å². The lowest BCUT2D eigenvalue weighted by molar-refractivity contribution is -0.160. The van der Waals surface area contributed by atoms with Crippen molar-refractivity contribution in [3.05, 3.63) is 23.8 Å². The second kappa shape index (κ2) is 21.6. The number of carbonyl (C=O) groups is 3. The highest BCUT2D eigenvalue weighted by Crippen LogP contribution is 2.19. The molecule has 4 N–H and O–H groups in total. The van der Waals surface area contributed by atoms with Crippen molar-refractivity contribution >= 4 is 17.7 Å². The topological polar surface area (TPSA) is 142 Å². The first-order valence-electron chi connectivity index (χ1n) is 15.5. The Morgan fingerprint density at radius 3 is 2.39 bits per heavy atom. The quantitative estimate of drug-likeness (QED) is 0.355. The van der Waals surface area contributed by atoms with E-state index in [0.717, 1.165) is 37.7 Å². The molecule has 1 aliphatic heterocycles. The number of hydrogen-bond acceptors (Lipinski definition) is 8. The highest BCUT2D eigenvalue weighted by atomic mass is 16.5. The Labute approximate surface area is 246 Å². The van der Waals surface area contributed by atoms with Gasteiger partial charge >= 0.3 is 5.97 Å². The zero-order chi connectivity index (χ0) is 30.6. The summed E-state index contributed by atoms with van der Waals surface area (Å²) in [5.41, 5.74) is 0.972. The van der Waals surface area contributed by atoms with Crippen molar-refractivity contribution in [2.24, 2.45) is 11.8 Å². The van der Waals surface area contributed by atoms with Crippen LogP contribution in [0, 0.1) is 11.8 Å². The van der Waals surface area contributed by atoms with E-state index in [-0.39, 0.29) is 25.2 Å². The predicted octanol–water partition coefficient (Wildman–Crippen LogP) is 4.17. The van der Waals surface area contributed by atoms with Crippen molar-refractivity contribution in [2.45, 2.75) is 129 Å². The van der Waals surface area contributed by atoms with Gasteiger partial charge in [-0.05, 0) is 62.9 Å². The van der Waals surface area contributed by atoms with Crippen LogP contribution in [0.3, 0.4) is 0 Å². The zero-order valence-corrected chi connectivity index (χ0v) is 25.7. The highest BCUT2D eigenvalue weighted by molar-refractivity contribution is 5.84. The van der Waals surface area contributed by atoms with Gasteiger partial charge < -0.3 is 30.1 Å². The number of nitrogens with one attached hydrogen (secondary N) is 1. The fraction of sp³-hybridized carbons (Fsp3) is 0.781. The smallest absolute Gasteiger partial charge is 0.309 e. The van der Waals surface area contributed by atoms with E-state index in [2.05, 4.69) is 18.3 Å². The number of aliphatic hydroxyl groups excluding tert-OH is 3. The second-order valence-electron chi connectivity index (χ2n) is 11.4. The molecule has 1 heterocycles. The molecule has 0 fully saturated rings. The number of ketones is 1. The lowest BCUT2D eigenvalue weighted by Crippen LogP contribution is -2.43. The summed E-state index contributed by atoms with van der Waals surface area (Å²) >= 11 is 0. The third kappa shape index (κ3) is 16.2. The molecular weight excluding hydrogens is 526 g/mol. The molecule has 0 aliphatic carbocycles. The summed E-state index contributed by atoms with van der Waals surface area (Å²) in [6, 6.07) is 0. The third-order valence-corrected chi connectivity index (χ3v) is 7.68. The van der Waals surface area contributed by atoms with Gasteiger partial charge in [0.25, 0.3) is 5.91 Å². The van der Waals surface area contributed by atoms with Crippen LogP contribution in [0.1, 0.15) is 104 Å². The van der Waals surface area contributed by atoms with Gasteiger partial charge in [0.15, 0.2) is 6.10 Å². The van der Waals surface area contributed by atoms with E-state index in [1.54, 1.807) is 14.0 Å². The monoisotopic (exact) mass is 581 g/mol. The minimum atomic E-state index is -1.17. The van der Waals surface area contributed by atoms with Crippen LogP contribution in [-0.2, 0) is 23.9 Å². The van der Waals surface area contributed by atoms with E-state index in [0.29, 0.717) is 51.0 Å². The number of β-amino-alcohol motifs (C(OH)–C–C–N with tert-alkyl or cyclic N) is 1. The number of Topliss-reactive ketones (excluding diaryl/α,β-unsaturated/α-hetero) is 1. The van der Waals surface area contributed by atoms with Gasteiger partial charge in [-0.1, -0.05) is 51.8 Å². The number of methoxy groups -OCH3 is 1. The van der Waals surface area contributed by atoms with Crippen LogP contribution in [-0.4, -0.2) is 77.7 Å². The Balaban J connectivity index is 2.94. The zero-order valence-electron chi connectivity index (χ0n) is 25.7. The number of esters is 1. The molecule has 6 unspecified atom stereocenters. The van der Waals surface area contributed by atoms with Gasteiger partial charge in [-0.3, -0.25) is 14.4 Å². The predicted molar refractivity (Wildman–Crippen MR) is 159 cm³/mol. The summed E-state index contributed by atoms with van der Waals surface area (Å²) in [6.07, 6.45) is 9.32. The standard InChI is InChI=1S/C32H55NO8/c1-5-11-30-31(38)33-21-27(35)20-29(37)28(36)19-18-25(22-40-4)15-9-13-24(6-2)14-10-17-26(34)16-8-7-12-23(3)32(39)41-30/h9,13,15,23-24,27-30,35-37H,5-8,10-12,14,16-22H2,1-4H3,(H,33,38). The molecule has 9 nitrogen and oxygen atoms in total.